The fourth-order valence-corrected chi connectivity index (χ4v) is 2.81. The highest BCUT2D eigenvalue weighted by Crippen LogP contribution is 2.20. The summed E-state index contributed by atoms with van der Waals surface area (Å²) >= 11 is 0. The number of ether oxygens (including phenoxy) is 3. The molecular weight excluding hydrogens is 322 g/mol. The average molecular weight is 347 g/mol. The van der Waals surface area contributed by atoms with E-state index in [1.54, 1.807) is 7.11 Å². The van der Waals surface area contributed by atoms with Crippen LogP contribution in [0.3, 0.4) is 0 Å². The van der Waals surface area contributed by atoms with Crippen molar-refractivity contribution in [3.8, 4) is 5.75 Å². The van der Waals surface area contributed by atoms with Gasteiger partial charge in [-0.2, -0.15) is 4.98 Å². The first-order valence-electron chi connectivity index (χ1n) is 8.49. The maximum absolute atomic E-state index is 5.77. The molecule has 7 nitrogen and oxygen atoms in total. The largest absolute Gasteiger partial charge is 0.497 e. The summed E-state index contributed by atoms with van der Waals surface area (Å²) in [6.07, 6.45) is 0.601. The molecule has 0 saturated carbocycles. The van der Waals surface area contributed by atoms with Crippen LogP contribution in [-0.2, 0) is 22.5 Å². The standard InChI is InChI=1S/C18H25N3O4/c1-22-15-4-2-3-14(11-15)12-17-16(20-18(19)25-17)13-24-10-7-21-5-8-23-9-6-21/h2-4,11H,5-10,12-13H2,1H3,(H2,19,20). The lowest BCUT2D eigenvalue weighted by molar-refractivity contribution is 0.0176. The van der Waals surface area contributed by atoms with E-state index in [4.69, 9.17) is 24.4 Å². The SMILES string of the molecule is COc1cccc(Cc2oc(N)nc2COCCN2CCOCC2)c1. The third-order valence-electron chi connectivity index (χ3n) is 4.19. The number of nitrogens with zero attached hydrogens (tertiary/aromatic N) is 2. The highest BCUT2D eigenvalue weighted by Gasteiger charge is 2.14. The van der Waals surface area contributed by atoms with Crippen LogP contribution in [0.2, 0.25) is 0 Å². The molecule has 1 saturated heterocycles. The zero-order valence-corrected chi connectivity index (χ0v) is 14.6. The number of rotatable bonds is 8. The van der Waals surface area contributed by atoms with Gasteiger partial charge < -0.3 is 24.4 Å². The third-order valence-corrected chi connectivity index (χ3v) is 4.19. The Balaban J connectivity index is 1.53. The number of aromatic nitrogens is 1. The topological polar surface area (TPSA) is 83.0 Å². The predicted molar refractivity (Wildman–Crippen MR) is 93.6 cm³/mol. The molecule has 2 aromatic rings. The number of hydrogen-bond donors (Lipinski definition) is 1. The number of nitrogen functional groups attached to an aromatic ring is 1. The lowest BCUT2D eigenvalue weighted by atomic mass is 10.1. The van der Waals surface area contributed by atoms with Crippen LogP contribution in [0.4, 0.5) is 6.01 Å². The number of oxazole rings is 1. The maximum Gasteiger partial charge on any atom is 0.292 e. The van der Waals surface area contributed by atoms with Crippen LogP contribution in [-0.4, -0.2) is 56.4 Å². The number of anilines is 1. The average Bonchev–Trinajstić information content (AvgIpc) is 2.99. The fourth-order valence-electron chi connectivity index (χ4n) is 2.81. The molecule has 2 heterocycles. The minimum atomic E-state index is 0.171. The van der Waals surface area contributed by atoms with Gasteiger partial charge in [-0.25, -0.2) is 0 Å². The summed E-state index contributed by atoms with van der Waals surface area (Å²) in [6, 6.07) is 8.02. The van der Waals surface area contributed by atoms with Gasteiger partial charge in [-0.3, -0.25) is 4.90 Å². The van der Waals surface area contributed by atoms with Gasteiger partial charge >= 0.3 is 0 Å². The van der Waals surface area contributed by atoms with Crippen molar-refractivity contribution >= 4 is 6.01 Å². The van der Waals surface area contributed by atoms with Gasteiger partial charge in [0, 0.05) is 26.1 Å². The Hall–Kier alpha value is -2.09. The summed E-state index contributed by atoms with van der Waals surface area (Å²) in [5, 5.41) is 0. The number of methoxy groups -OCH3 is 1. The Labute approximate surface area is 147 Å². The van der Waals surface area contributed by atoms with Gasteiger partial charge in [-0.1, -0.05) is 12.1 Å². The van der Waals surface area contributed by atoms with Crippen LogP contribution >= 0.6 is 0 Å². The van der Waals surface area contributed by atoms with Crippen molar-refractivity contribution in [1.82, 2.24) is 9.88 Å². The molecule has 0 aliphatic carbocycles. The van der Waals surface area contributed by atoms with E-state index in [1.165, 1.54) is 0 Å². The molecule has 1 aromatic heterocycles. The summed E-state index contributed by atoms with van der Waals surface area (Å²) in [7, 11) is 1.65. The Morgan fingerprint density at radius 1 is 1.28 bits per heavy atom. The second-order valence-electron chi connectivity index (χ2n) is 5.96. The van der Waals surface area contributed by atoms with Crippen molar-refractivity contribution < 1.29 is 18.6 Å². The highest BCUT2D eigenvalue weighted by molar-refractivity contribution is 5.32. The summed E-state index contributed by atoms with van der Waals surface area (Å²) in [5.74, 6) is 1.55. The van der Waals surface area contributed by atoms with Crippen molar-refractivity contribution in [1.29, 1.82) is 0 Å². The molecule has 1 aromatic carbocycles. The monoisotopic (exact) mass is 347 g/mol. The van der Waals surface area contributed by atoms with Crippen molar-refractivity contribution in [2.75, 3.05) is 52.3 Å². The molecular formula is C18H25N3O4. The van der Waals surface area contributed by atoms with Crippen LogP contribution in [0, 0.1) is 0 Å². The first-order valence-corrected chi connectivity index (χ1v) is 8.49. The van der Waals surface area contributed by atoms with E-state index in [0.717, 1.165) is 55.6 Å². The molecule has 1 aliphatic heterocycles. The number of hydrogen-bond acceptors (Lipinski definition) is 7. The van der Waals surface area contributed by atoms with Crippen LogP contribution in [0.5, 0.6) is 5.75 Å². The maximum atomic E-state index is 5.77. The quantitative estimate of drug-likeness (QED) is 0.728. The Bertz CT molecular complexity index is 668. The van der Waals surface area contributed by atoms with Gasteiger partial charge in [0.25, 0.3) is 6.01 Å². The van der Waals surface area contributed by atoms with E-state index in [2.05, 4.69) is 9.88 Å². The van der Waals surface area contributed by atoms with E-state index in [0.29, 0.717) is 19.6 Å². The van der Waals surface area contributed by atoms with E-state index < -0.39 is 0 Å². The lowest BCUT2D eigenvalue weighted by Crippen LogP contribution is -2.38. The molecule has 1 aliphatic rings. The van der Waals surface area contributed by atoms with E-state index in [9.17, 15) is 0 Å². The molecule has 0 bridgehead atoms. The molecule has 0 unspecified atom stereocenters. The fraction of sp³-hybridized carbons (Fsp3) is 0.500. The van der Waals surface area contributed by atoms with Gasteiger partial charge in [0.15, 0.2) is 0 Å². The van der Waals surface area contributed by atoms with E-state index in [1.807, 2.05) is 24.3 Å². The summed E-state index contributed by atoms with van der Waals surface area (Å²) < 4.78 is 21.9. The molecule has 7 heteroatoms. The molecule has 0 radical (unpaired) electrons. The Morgan fingerprint density at radius 2 is 2.12 bits per heavy atom. The van der Waals surface area contributed by atoms with Gasteiger partial charge in [0.2, 0.25) is 0 Å². The minimum absolute atomic E-state index is 0.171. The van der Waals surface area contributed by atoms with Crippen molar-refractivity contribution in [2.45, 2.75) is 13.0 Å². The number of benzene rings is 1. The van der Waals surface area contributed by atoms with E-state index >= 15 is 0 Å². The lowest BCUT2D eigenvalue weighted by Gasteiger charge is -2.26. The van der Waals surface area contributed by atoms with Crippen molar-refractivity contribution in [3.63, 3.8) is 0 Å². The predicted octanol–water partition coefficient (Wildman–Crippen LogP) is 1.70. The van der Waals surface area contributed by atoms with Crippen molar-refractivity contribution in [3.05, 3.63) is 41.3 Å². The van der Waals surface area contributed by atoms with Crippen LogP contribution in [0.15, 0.2) is 28.7 Å². The van der Waals surface area contributed by atoms with Gasteiger partial charge in [-0.05, 0) is 17.7 Å². The third kappa shape index (κ3) is 5.19. The molecule has 0 spiro atoms. The van der Waals surface area contributed by atoms with E-state index in [-0.39, 0.29) is 6.01 Å². The number of morpholine rings is 1. The summed E-state index contributed by atoms with van der Waals surface area (Å²) in [6.45, 7) is 5.44. The molecule has 0 amide bonds. The molecule has 3 rings (SSSR count). The number of nitrogens with two attached hydrogens (primary N) is 1. The normalized spacial score (nSPS) is 15.4. The van der Waals surface area contributed by atoms with Gasteiger partial charge in [0.1, 0.15) is 17.2 Å². The highest BCUT2D eigenvalue weighted by atomic mass is 16.5. The zero-order chi connectivity index (χ0) is 17.5. The smallest absolute Gasteiger partial charge is 0.292 e. The molecule has 136 valence electrons. The van der Waals surface area contributed by atoms with Crippen LogP contribution in [0.25, 0.3) is 0 Å². The van der Waals surface area contributed by atoms with Crippen LogP contribution in [0.1, 0.15) is 17.0 Å². The first-order chi connectivity index (χ1) is 12.2. The molecule has 0 atom stereocenters. The van der Waals surface area contributed by atoms with Gasteiger partial charge in [-0.15, -0.1) is 0 Å². The second-order valence-corrected chi connectivity index (χ2v) is 5.96. The second kappa shape index (κ2) is 8.84. The molecule has 1 fully saturated rings. The first kappa shape index (κ1) is 17.7. The van der Waals surface area contributed by atoms with Crippen LogP contribution < -0.4 is 10.5 Å². The van der Waals surface area contributed by atoms with Gasteiger partial charge in [0.05, 0.1) is 33.5 Å². The van der Waals surface area contributed by atoms with Crippen molar-refractivity contribution in [2.24, 2.45) is 0 Å². The molecule has 25 heavy (non-hydrogen) atoms. The molecule has 2 N–H and O–H groups in total. The summed E-state index contributed by atoms with van der Waals surface area (Å²) in [5.41, 5.74) is 7.56. The summed E-state index contributed by atoms with van der Waals surface area (Å²) in [4.78, 5) is 6.59. The zero-order valence-electron chi connectivity index (χ0n) is 14.6. The Morgan fingerprint density at radius 3 is 2.92 bits per heavy atom. The minimum Gasteiger partial charge on any atom is -0.497 e. The Kier molecular flexibility index (Phi) is 6.27.